The molecule has 1 N–H and O–H groups in total. The van der Waals surface area contributed by atoms with Crippen molar-refractivity contribution in [2.45, 2.75) is 13.5 Å². The van der Waals surface area contributed by atoms with Crippen molar-refractivity contribution in [2.75, 3.05) is 5.32 Å². The standard InChI is InChI=1S/C14H13BrN2O2/c1-10-13(7-12(15)8-16-10)17-14(18)19-9-11-5-3-2-4-6-11/h2-8H,9H2,1H3,(H,17,18). The normalized spacial score (nSPS) is 10.0. The lowest BCUT2D eigenvalue weighted by Crippen LogP contribution is -2.14. The van der Waals surface area contributed by atoms with Crippen LogP contribution in [0.15, 0.2) is 47.1 Å². The lowest BCUT2D eigenvalue weighted by Gasteiger charge is -2.09. The minimum atomic E-state index is -0.494. The number of carbonyl (C=O) groups is 1. The molecule has 98 valence electrons. The number of pyridine rings is 1. The second-order valence-electron chi connectivity index (χ2n) is 3.97. The lowest BCUT2D eigenvalue weighted by atomic mass is 10.2. The zero-order valence-electron chi connectivity index (χ0n) is 10.4. The molecule has 0 spiro atoms. The molecule has 0 aliphatic rings. The number of benzene rings is 1. The maximum Gasteiger partial charge on any atom is 0.412 e. The van der Waals surface area contributed by atoms with E-state index in [1.54, 1.807) is 12.3 Å². The molecule has 4 nitrogen and oxygen atoms in total. The number of carbonyl (C=O) groups excluding carboxylic acids is 1. The fourth-order valence-corrected chi connectivity index (χ4v) is 1.83. The van der Waals surface area contributed by atoms with Gasteiger partial charge in [0.15, 0.2) is 0 Å². The Bertz CT molecular complexity index is 573. The van der Waals surface area contributed by atoms with Crippen LogP contribution in [0.1, 0.15) is 11.3 Å². The average molecular weight is 321 g/mol. The molecule has 1 aromatic heterocycles. The number of hydrogen-bond acceptors (Lipinski definition) is 3. The van der Waals surface area contributed by atoms with Crippen LogP contribution in [0.4, 0.5) is 10.5 Å². The highest BCUT2D eigenvalue weighted by molar-refractivity contribution is 9.10. The summed E-state index contributed by atoms with van der Waals surface area (Å²) in [5, 5.41) is 2.67. The maximum atomic E-state index is 11.7. The Hall–Kier alpha value is -1.88. The SMILES string of the molecule is Cc1ncc(Br)cc1NC(=O)OCc1ccccc1. The van der Waals surface area contributed by atoms with E-state index < -0.39 is 6.09 Å². The summed E-state index contributed by atoms with van der Waals surface area (Å²) < 4.78 is 5.94. The van der Waals surface area contributed by atoms with E-state index in [1.165, 1.54) is 0 Å². The van der Waals surface area contributed by atoms with Gasteiger partial charge in [0.1, 0.15) is 6.61 Å². The molecule has 0 bridgehead atoms. The molecule has 1 aromatic carbocycles. The molecule has 1 heterocycles. The van der Waals surface area contributed by atoms with Crippen LogP contribution in [0.3, 0.4) is 0 Å². The lowest BCUT2D eigenvalue weighted by molar-refractivity contribution is 0.155. The summed E-state index contributed by atoms with van der Waals surface area (Å²) in [5.41, 5.74) is 2.31. The molecule has 0 radical (unpaired) electrons. The van der Waals surface area contributed by atoms with Gasteiger partial charge in [-0.05, 0) is 34.5 Å². The Morgan fingerprint density at radius 3 is 2.84 bits per heavy atom. The smallest absolute Gasteiger partial charge is 0.412 e. The van der Waals surface area contributed by atoms with Crippen LogP contribution in [0, 0.1) is 6.92 Å². The van der Waals surface area contributed by atoms with Crippen LogP contribution >= 0.6 is 15.9 Å². The van der Waals surface area contributed by atoms with E-state index in [2.05, 4.69) is 26.2 Å². The summed E-state index contributed by atoms with van der Waals surface area (Å²) in [5.74, 6) is 0. The molecule has 0 unspecified atom stereocenters. The summed E-state index contributed by atoms with van der Waals surface area (Å²) in [7, 11) is 0. The Balaban J connectivity index is 1.93. The van der Waals surface area contributed by atoms with Gasteiger partial charge in [-0.2, -0.15) is 0 Å². The monoisotopic (exact) mass is 320 g/mol. The van der Waals surface area contributed by atoms with Crippen LogP contribution in [-0.2, 0) is 11.3 Å². The van der Waals surface area contributed by atoms with Crippen molar-refractivity contribution < 1.29 is 9.53 Å². The number of rotatable bonds is 3. The summed E-state index contributed by atoms with van der Waals surface area (Å²) in [4.78, 5) is 15.8. The number of anilines is 1. The number of aromatic nitrogens is 1. The van der Waals surface area contributed by atoms with Gasteiger partial charge in [0.25, 0.3) is 0 Å². The fraction of sp³-hybridized carbons (Fsp3) is 0.143. The second kappa shape index (κ2) is 6.33. The molecule has 19 heavy (non-hydrogen) atoms. The predicted molar refractivity (Wildman–Crippen MR) is 76.9 cm³/mol. The topological polar surface area (TPSA) is 51.2 Å². The van der Waals surface area contributed by atoms with Crippen LogP contribution in [-0.4, -0.2) is 11.1 Å². The third-order valence-corrected chi connectivity index (χ3v) is 2.94. The molecule has 2 aromatic rings. The molecule has 0 aliphatic carbocycles. The van der Waals surface area contributed by atoms with E-state index in [4.69, 9.17) is 4.74 Å². The first kappa shape index (κ1) is 13.5. The van der Waals surface area contributed by atoms with E-state index in [-0.39, 0.29) is 6.61 Å². The van der Waals surface area contributed by atoms with Gasteiger partial charge in [-0.1, -0.05) is 30.3 Å². The van der Waals surface area contributed by atoms with E-state index in [9.17, 15) is 4.79 Å². The highest BCUT2D eigenvalue weighted by Gasteiger charge is 2.07. The molecule has 1 amide bonds. The fourth-order valence-electron chi connectivity index (χ4n) is 1.50. The van der Waals surface area contributed by atoms with Crippen molar-refractivity contribution in [3.63, 3.8) is 0 Å². The highest BCUT2D eigenvalue weighted by atomic mass is 79.9. The zero-order chi connectivity index (χ0) is 13.7. The molecule has 5 heteroatoms. The molecule has 0 fully saturated rings. The third kappa shape index (κ3) is 4.06. The van der Waals surface area contributed by atoms with E-state index in [0.717, 1.165) is 15.7 Å². The van der Waals surface area contributed by atoms with Gasteiger partial charge in [-0.25, -0.2) is 4.79 Å². The van der Waals surface area contributed by atoms with Crippen molar-refractivity contribution in [1.82, 2.24) is 4.98 Å². The number of nitrogens with one attached hydrogen (secondary N) is 1. The van der Waals surface area contributed by atoms with Crippen molar-refractivity contribution in [3.8, 4) is 0 Å². The van der Waals surface area contributed by atoms with Crippen molar-refractivity contribution in [2.24, 2.45) is 0 Å². The van der Waals surface area contributed by atoms with Gasteiger partial charge in [0.2, 0.25) is 0 Å². The largest absolute Gasteiger partial charge is 0.444 e. The van der Waals surface area contributed by atoms with Gasteiger partial charge in [-0.3, -0.25) is 10.3 Å². The number of halogens is 1. The number of hydrogen-bond donors (Lipinski definition) is 1. The van der Waals surface area contributed by atoms with Crippen molar-refractivity contribution in [1.29, 1.82) is 0 Å². The minimum absolute atomic E-state index is 0.243. The molecule has 0 atom stereocenters. The first-order valence-electron chi connectivity index (χ1n) is 5.75. The highest BCUT2D eigenvalue weighted by Crippen LogP contribution is 2.18. The number of aryl methyl sites for hydroxylation is 1. The molecular formula is C14H13BrN2O2. The van der Waals surface area contributed by atoms with Crippen LogP contribution in [0.5, 0.6) is 0 Å². The van der Waals surface area contributed by atoms with Gasteiger partial charge in [0.05, 0.1) is 11.4 Å². The molecule has 2 rings (SSSR count). The average Bonchev–Trinajstić information content (AvgIpc) is 2.42. The molecule has 0 saturated carbocycles. The summed E-state index contributed by atoms with van der Waals surface area (Å²) >= 11 is 3.31. The van der Waals surface area contributed by atoms with Crippen molar-refractivity contribution in [3.05, 3.63) is 58.3 Å². The van der Waals surface area contributed by atoms with Gasteiger partial charge < -0.3 is 4.74 Å². The first-order valence-corrected chi connectivity index (χ1v) is 6.54. The zero-order valence-corrected chi connectivity index (χ0v) is 12.0. The number of ether oxygens (including phenoxy) is 1. The Labute approximate surface area is 119 Å². The van der Waals surface area contributed by atoms with Gasteiger partial charge >= 0.3 is 6.09 Å². The maximum absolute atomic E-state index is 11.7. The summed E-state index contributed by atoms with van der Waals surface area (Å²) in [6.45, 7) is 2.06. The molecular weight excluding hydrogens is 308 g/mol. The van der Waals surface area contributed by atoms with Crippen LogP contribution < -0.4 is 5.32 Å². The van der Waals surface area contributed by atoms with Crippen LogP contribution in [0.25, 0.3) is 0 Å². The van der Waals surface area contributed by atoms with Crippen molar-refractivity contribution >= 4 is 27.7 Å². The number of amides is 1. The van der Waals surface area contributed by atoms with E-state index in [1.807, 2.05) is 37.3 Å². The Morgan fingerprint density at radius 2 is 2.11 bits per heavy atom. The van der Waals surface area contributed by atoms with E-state index in [0.29, 0.717) is 5.69 Å². The molecule has 0 saturated heterocycles. The summed E-state index contributed by atoms with van der Waals surface area (Å²) in [6, 6.07) is 11.3. The predicted octanol–water partition coefficient (Wildman–Crippen LogP) is 3.90. The van der Waals surface area contributed by atoms with Gasteiger partial charge in [-0.15, -0.1) is 0 Å². The van der Waals surface area contributed by atoms with E-state index >= 15 is 0 Å². The first-order chi connectivity index (χ1) is 9.15. The molecule has 0 aliphatic heterocycles. The summed E-state index contributed by atoms with van der Waals surface area (Å²) in [6.07, 6.45) is 1.18. The number of nitrogens with zero attached hydrogens (tertiary/aromatic N) is 1. The van der Waals surface area contributed by atoms with Crippen LogP contribution in [0.2, 0.25) is 0 Å². The minimum Gasteiger partial charge on any atom is -0.444 e. The second-order valence-corrected chi connectivity index (χ2v) is 4.89. The van der Waals surface area contributed by atoms with Gasteiger partial charge in [0, 0.05) is 10.7 Å². The Morgan fingerprint density at radius 1 is 1.37 bits per heavy atom. The third-order valence-electron chi connectivity index (χ3n) is 2.50. The Kier molecular flexibility index (Phi) is 4.52. The quantitative estimate of drug-likeness (QED) is 0.933.